The van der Waals surface area contributed by atoms with Crippen LogP contribution >= 0.6 is 0 Å². The van der Waals surface area contributed by atoms with Gasteiger partial charge < -0.3 is 9.67 Å². The molecule has 2 aromatic heterocycles. The Balaban J connectivity index is 2.35. The molecule has 0 saturated carbocycles. The van der Waals surface area contributed by atoms with Gasteiger partial charge in [-0.1, -0.05) is 18.2 Å². The van der Waals surface area contributed by atoms with Crippen LogP contribution in [0.4, 0.5) is 8.78 Å². The summed E-state index contributed by atoms with van der Waals surface area (Å²) < 4.78 is 27.6. The second-order valence-corrected chi connectivity index (χ2v) is 5.64. The summed E-state index contributed by atoms with van der Waals surface area (Å²) >= 11 is 0. The third-order valence-electron chi connectivity index (χ3n) is 4.05. The summed E-state index contributed by atoms with van der Waals surface area (Å²) in [6.45, 7) is 1.64. The van der Waals surface area contributed by atoms with Gasteiger partial charge in [-0.2, -0.15) is 0 Å². The fourth-order valence-corrected chi connectivity index (χ4v) is 2.80. The highest BCUT2D eigenvalue weighted by Gasteiger charge is 2.20. The first kappa shape index (κ1) is 17.5. The van der Waals surface area contributed by atoms with Crippen LogP contribution in [0, 0.1) is 6.92 Å². The van der Waals surface area contributed by atoms with Crippen molar-refractivity contribution in [3.63, 3.8) is 0 Å². The van der Waals surface area contributed by atoms with E-state index in [1.807, 2.05) is 0 Å². The van der Waals surface area contributed by atoms with Crippen molar-refractivity contribution in [1.29, 1.82) is 0 Å². The molecule has 0 radical (unpaired) electrons. The monoisotopic (exact) mass is 356 g/mol. The summed E-state index contributed by atoms with van der Waals surface area (Å²) in [7, 11) is 0. The van der Waals surface area contributed by atoms with Crippen LogP contribution in [-0.4, -0.2) is 20.6 Å². The Hall–Kier alpha value is -3.35. The van der Waals surface area contributed by atoms with E-state index >= 15 is 0 Å². The minimum absolute atomic E-state index is 0.0733. The number of carbonyl (C=O) groups is 1. The molecule has 0 saturated heterocycles. The molecule has 0 fully saturated rings. The zero-order valence-electron chi connectivity index (χ0n) is 13.7. The first-order chi connectivity index (χ1) is 12.4. The molecule has 3 aromatic rings. The lowest BCUT2D eigenvalue weighted by atomic mass is 9.99. The molecule has 2 heterocycles. The van der Waals surface area contributed by atoms with Gasteiger partial charge in [0.05, 0.1) is 0 Å². The molecule has 132 valence electrons. The van der Waals surface area contributed by atoms with Crippen LogP contribution in [0.15, 0.2) is 59.8 Å². The molecule has 0 spiro atoms. The number of pyridine rings is 2. The van der Waals surface area contributed by atoms with E-state index in [1.54, 1.807) is 19.1 Å². The third kappa shape index (κ3) is 3.11. The Morgan fingerprint density at radius 2 is 1.88 bits per heavy atom. The highest BCUT2D eigenvalue weighted by molar-refractivity contribution is 5.89. The second kappa shape index (κ2) is 6.87. The van der Waals surface area contributed by atoms with Crippen molar-refractivity contribution >= 4 is 5.97 Å². The van der Waals surface area contributed by atoms with Crippen molar-refractivity contribution in [3.05, 3.63) is 82.0 Å². The molecule has 1 aromatic carbocycles. The van der Waals surface area contributed by atoms with E-state index in [-0.39, 0.29) is 16.7 Å². The molecule has 0 aliphatic carbocycles. The second-order valence-electron chi connectivity index (χ2n) is 5.64. The number of carboxylic acid groups (broad SMARTS) is 1. The molecule has 0 unspecified atom stereocenters. The molecular weight excluding hydrogens is 342 g/mol. The number of alkyl halides is 2. The first-order valence-corrected chi connectivity index (χ1v) is 7.68. The fraction of sp³-hybridized carbons (Fsp3) is 0.105. The summed E-state index contributed by atoms with van der Waals surface area (Å²) in [5.74, 6) is -1.39. The van der Waals surface area contributed by atoms with Crippen molar-refractivity contribution in [2.24, 2.45) is 0 Å². The van der Waals surface area contributed by atoms with E-state index in [0.717, 1.165) is 0 Å². The van der Waals surface area contributed by atoms with Gasteiger partial charge in [0, 0.05) is 41.1 Å². The lowest BCUT2D eigenvalue weighted by Crippen LogP contribution is -2.22. The fourth-order valence-electron chi connectivity index (χ4n) is 2.80. The van der Waals surface area contributed by atoms with Gasteiger partial charge in [0.15, 0.2) is 0 Å². The number of halogens is 2. The molecule has 26 heavy (non-hydrogen) atoms. The number of aromatic carboxylic acids is 1. The van der Waals surface area contributed by atoms with Crippen molar-refractivity contribution in [2.75, 3.05) is 0 Å². The lowest BCUT2D eigenvalue weighted by Gasteiger charge is -2.16. The minimum atomic E-state index is -2.69. The zero-order valence-corrected chi connectivity index (χ0v) is 13.7. The summed E-state index contributed by atoms with van der Waals surface area (Å²) in [6.07, 6.45) is 1.60. The Bertz CT molecular complexity index is 1030. The highest BCUT2D eigenvalue weighted by atomic mass is 19.3. The predicted molar refractivity (Wildman–Crippen MR) is 91.9 cm³/mol. The average Bonchev–Trinajstić information content (AvgIpc) is 2.62. The van der Waals surface area contributed by atoms with Crippen LogP contribution in [0.25, 0.3) is 16.8 Å². The molecule has 7 heteroatoms. The standard InChI is InChI=1S/C19H14F2N2O3/c1-11-16(12-3-2-4-13(9-12)18(20)21)17(24)15(19(25)26)10-23(11)14-5-7-22-8-6-14/h2-10,18H,1H3,(H,25,26). The number of nitrogens with zero attached hydrogens (tertiary/aromatic N) is 2. The Kier molecular flexibility index (Phi) is 4.62. The highest BCUT2D eigenvalue weighted by Crippen LogP contribution is 2.27. The molecule has 0 aliphatic heterocycles. The molecule has 0 bridgehead atoms. The van der Waals surface area contributed by atoms with Gasteiger partial charge in [0.1, 0.15) is 5.56 Å². The number of hydrogen-bond acceptors (Lipinski definition) is 3. The van der Waals surface area contributed by atoms with Gasteiger partial charge >= 0.3 is 5.97 Å². The van der Waals surface area contributed by atoms with Crippen LogP contribution in [0.5, 0.6) is 0 Å². The lowest BCUT2D eigenvalue weighted by molar-refractivity contribution is 0.0694. The quantitative estimate of drug-likeness (QED) is 0.771. The maximum absolute atomic E-state index is 13.0. The van der Waals surface area contributed by atoms with Gasteiger partial charge in [0.25, 0.3) is 6.43 Å². The summed E-state index contributed by atoms with van der Waals surface area (Å²) in [4.78, 5) is 28.1. The number of aromatic nitrogens is 2. The van der Waals surface area contributed by atoms with Crippen LogP contribution in [0.1, 0.15) is 28.0 Å². The van der Waals surface area contributed by atoms with E-state index in [9.17, 15) is 23.5 Å². The normalized spacial score (nSPS) is 10.9. The predicted octanol–water partition coefficient (Wildman–Crippen LogP) is 3.84. The van der Waals surface area contributed by atoms with E-state index in [0.29, 0.717) is 11.4 Å². The van der Waals surface area contributed by atoms with Gasteiger partial charge in [-0.3, -0.25) is 9.78 Å². The van der Waals surface area contributed by atoms with Gasteiger partial charge in [-0.15, -0.1) is 0 Å². The topological polar surface area (TPSA) is 72.2 Å². The molecule has 0 amide bonds. The van der Waals surface area contributed by atoms with E-state index in [4.69, 9.17) is 0 Å². The van der Waals surface area contributed by atoms with Gasteiger partial charge in [0.2, 0.25) is 5.43 Å². The molecular formula is C19H14F2N2O3. The van der Waals surface area contributed by atoms with Crippen LogP contribution in [0.2, 0.25) is 0 Å². The molecule has 0 atom stereocenters. The average molecular weight is 356 g/mol. The summed E-state index contributed by atoms with van der Waals surface area (Å²) in [5, 5.41) is 9.40. The summed E-state index contributed by atoms with van der Waals surface area (Å²) in [5.41, 5.74) is -0.0293. The van der Waals surface area contributed by atoms with Crippen LogP contribution in [0.3, 0.4) is 0 Å². The molecule has 5 nitrogen and oxygen atoms in total. The maximum atomic E-state index is 13.0. The molecule has 1 N–H and O–H groups in total. The number of carboxylic acids is 1. The third-order valence-corrected chi connectivity index (χ3v) is 4.05. The largest absolute Gasteiger partial charge is 0.477 e. The number of benzene rings is 1. The van der Waals surface area contributed by atoms with Crippen molar-refractivity contribution < 1.29 is 18.7 Å². The SMILES string of the molecule is Cc1c(-c2cccc(C(F)F)c2)c(=O)c(C(=O)O)cn1-c1ccncc1. The van der Waals surface area contributed by atoms with Crippen molar-refractivity contribution in [3.8, 4) is 16.8 Å². The first-order valence-electron chi connectivity index (χ1n) is 7.68. The van der Waals surface area contributed by atoms with Gasteiger partial charge in [-0.25, -0.2) is 13.6 Å². The van der Waals surface area contributed by atoms with Crippen molar-refractivity contribution in [2.45, 2.75) is 13.3 Å². The van der Waals surface area contributed by atoms with Gasteiger partial charge in [-0.05, 0) is 30.7 Å². The van der Waals surface area contributed by atoms with Crippen molar-refractivity contribution in [1.82, 2.24) is 9.55 Å². The molecule has 0 aliphatic rings. The van der Waals surface area contributed by atoms with Crippen LogP contribution < -0.4 is 5.43 Å². The number of rotatable bonds is 4. The van der Waals surface area contributed by atoms with E-state index < -0.39 is 23.4 Å². The Morgan fingerprint density at radius 1 is 1.19 bits per heavy atom. The van der Waals surface area contributed by atoms with E-state index in [1.165, 1.54) is 47.4 Å². The number of hydrogen-bond donors (Lipinski definition) is 1. The van der Waals surface area contributed by atoms with Crippen LogP contribution in [-0.2, 0) is 0 Å². The zero-order chi connectivity index (χ0) is 18.8. The Labute approximate surface area is 147 Å². The minimum Gasteiger partial charge on any atom is -0.477 e. The van der Waals surface area contributed by atoms with E-state index in [2.05, 4.69) is 4.98 Å². The Morgan fingerprint density at radius 3 is 2.50 bits per heavy atom. The smallest absolute Gasteiger partial charge is 0.341 e. The maximum Gasteiger partial charge on any atom is 0.341 e. The molecule has 3 rings (SSSR count). The summed E-state index contributed by atoms with van der Waals surface area (Å²) in [6, 6.07) is 8.70.